The van der Waals surface area contributed by atoms with Crippen LogP contribution in [-0.4, -0.2) is 65.1 Å². The van der Waals surface area contributed by atoms with Gasteiger partial charge in [-0.1, -0.05) is 78.7 Å². The predicted molar refractivity (Wildman–Crippen MR) is 196 cm³/mol. The van der Waals surface area contributed by atoms with Crippen LogP contribution < -0.4 is 23.8 Å². The number of sulfonamides is 1. The third kappa shape index (κ3) is 9.28. The van der Waals surface area contributed by atoms with Gasteiger partial charge in [-0.3, -0.25) is 13.9 Å². The number of halogens is 1. The lowest BCUT2D eigenvalue weighted by Gasteiger charge is -2.34. The van der Waals surface area contributed by atoms with Crippen molar-refractivity contribution in [2.24, 2.45) is 0 Å². The van der Waals surface area contributed by atoms with Gasteiger partial charge < -0.3 is 24.4 Å². The smallest absolute Gasteiger partial charge is 0.265 e. The molecule has 0 unspecified atom stereocenters. The average molecular weight is 722 g/mol. The van der Waals surface area contributed by atoms with Gasteiger partial charge in [0, 0.05) is 30.1 Å². The first-order valence-corrected chi connectivity index (χ1v) is 18.0. The predicted octanol–water partition coefficient (Wildman–Crippen LogP) is 6.42. The first kappa shape index (κ1) is 38.1. The molecule has 10 nitrogen and oxygen atoms in total. The standard InChI is InChI=1S/C38H44ClN3O7S/c1-7-27(3)40-38(44)33(21-28-13-9-8-10-14-28)41(24-29-15-11-12-26(2)20-29)37(43)25-42(32-22-30(39)16-18-34(32)47-4)50(45,46)31-17-19-35(48-5)36(23-31)49-6/h8-20,22-23,27,33H,7,21,24-25H2,1-6H3,(H,40,44)/t27-,33+/m1/s1. The van der Waals surface area contributed by atoms with Crippen LogP contribution in [0.15, 0.2) is 95.9 Å². The molecular weight excluding hydrogens is 678 g/mol. The first-order valence-electron chi connectivity index (χ1n) is 16.2. The number of hydrogen-bond acceptors (Lipinski definition) is 7. The fourth-order valence-electron chi connectivity index (χ4n) is 5.48. The molecule has 0 bridgehead atoms. The van der Waals surface area contributed by atoms with Gasteiger partial charge in [-0.25, -0.2) is 8.42 Å². The normalized spacial score (nSPS) is 12.4. The lowest BCUT2D eigenvalue weighted by molar-refractivity contribution is -0.140. The number of amides is 2. The number of anilines is 1. The Labute approximate surface area is 300 Å². The molecule has 4 aromatic rings. The van der Waals surface area contributed by atoms with Crippen molar-refractivity contribution < 1.29 is 32.2 Å². The molecule has 0 saturated carbocycles. The molecule has 0 fully saturated rings. The molecule has 1 N–H and O–H groups in total. The van der Waals surface area contributed by atoms with E-state index in [4.69, 9.17) is 25.8 Å². The molecule has 0 aromatic heterocycles. The summed E-state index contributed by atoms with van der Waals surface area (Å²) in [6.45, 7) is 5.16. The zero-order valence-corrected chi connectivity index (χ0v) is 30.8. The van der Waals surface area contributed by atoms with Crippen molar-refractivity contribution in [1.29, 1.82) is 0 Å². The van der Waals surface area contributed by atoms with Gasteiger partial charge in [-0.15, -0.1) is 0 Å². The number of aryl methyl sites for hydroxylation is 1. The molecule has 0 aliphatic heterocycles. The molecule has 0 aliphatic carbocycles. The van der Waals surface area contributed by atoms with Gasteiger partial charge in [0.1, 0.15) is 18.3 Å². The summed E-state index contributed by atoms with van der Waals surface area (Å²) in [6, 6.07) is 24.6. The number of nitrogens with zero attached hydrogens (tertiary/aromatic N) is 2. The van der Waals surface area contributed by atoms with Crippen molar-refractivity contribution in [1.82, 2.24) is 10.2 Å². The fraction of sp³-hybridized carbons (Fsp3) is 0.316. The van der Waals surface area contributed by atoms with Crippen LogP contribution in [0, 0.1) is 6.92 Å². The second-order valence-corrected chi connectivity index (χ2v) is 14.2. The van der Waals surface area contributed by atoms with Gasteiger partial charge in [0.15, 0.2) is 11.5 Å². The molecule has 0 aliphatic rings. The number of carbonyl (C=O) groups excluding carboxylic acids is 2. The van der Waals surface area contributed by atoms with Crippen molar-refractivity contribution in [2.75, 3.05) is 32.2 Å². The molecule has 4 rings (SSSR count). The highest BCUT2D eigenvalue weighted by Crippen LogP contribution is 2.37. The van der Waals surface area contributed by atoms with Crippen molar-refractivity contribution in [2.45, 2.75) is 57.1 Å². The summed E-state index contributed by atoms with van der Waals surface area (Å²) in [6.07, 6.45) is 0.880. The Bertz CT molecular complexity index is 1890. The zero-order chi connectivity index (χ0) is 36.4. The minimum absolute atomic E-state index is 0.0438. The monoisotopic (exact) mass is 721 g/mol. The molecule has 0 radical (unpaired) electrons. The van der Waals surface area contributed by atoms with Crippen LogP contribution in [0.1, 0.15) is 37.0 Å². The van der Waals surface area contributed by atoms with E-state index in [1.807, 2.05) is 75.4 Å². The van der Waals surface area contributed by atoms with Gasteiger partial charge >= 0.3 is 0 Å². The maximum atomic E-state index is 14.8. The largest absolute Gasteiger partial charge is 0.495 e. The molecule has 12 heteroatoms. The quantitative estimate of drug-likeness (QED) is 0.142. The Balaban J connectivity index is 1.89. The van der Waals surface area contributed by atoms with Gasteiger partial charge in [0.05, 0.1) is 31.9 Å². The van der Waals surface area contributed by atoms with Crippen molar-refractivity contribution in [3.05, 3.63) is 113 Å². The summed E-state index contributed by atoms with van der Waals surface area (Å²) >= 11 is 6.41. The summed E-state index contributed by atoms with van der Waals surface area (Å²) in [4.78, 5) is 30.2. The summed E-state index contributed by atoms with van der Waals surface area (Å²) in [5, 5.41) is 3.27. The van der Waals surface area contributed by atoms with E-state index in [-0.39, 0.29) is 52.0 Å². The number of methoxy groups -OCH3 is 3. The Kier molecular flexibility index (Phi) is 13.1. The minimum Gasteiger partial charge on any atom is -0.495 e. The van der Waals surface area contributed by atoms with Crippen LogP contribution in [0.25, 0.3) is 0 Å². The summed E-state index contributed by atoms with van der Waals surface area (Å²) in [5.74, 6) is -0.276. The van der Waals surface area contributed by atoms with E-state index in [2.05, 4.69) is 5.32 Å². The highest BCUT2D eigenvalue weighted by Gasteiger charge is 2.36. The van der Waals surface area contributed by atoms with Crippen molar-refractivity contribution >= 4 is 39.1 Å². The van der Waals surface area contributed by atoms with Crippen LogP contribution in [0.5, 0.6) is 17.2 Å². The second kappa shape index (κ2) is 17.3. The third-order valence-corrected chi connectivity index (χ3v) is 10.3. The van der Waals surface area contributed by atoms with E-state index in [9.17, 15) is 18.0 Å². The van der Waals surface area contributed by atoms with E-state index >= 15 is 0 Å². The van der Waals surface area contributed by atoms with Crippen LogP contribution in [0.4, 0.5) is 5.69 Å². The molecule has 2 amide bonds. The van der Waals surface area contributed by atoms with Gasteiger partial charge in [0.25, 0.3) is 10.0 Å². The highest BCUT2D eigenvalue weighted by molar-refractivity contribution is 7.92. The Morgan fingerprint density at radius 3 is 2.12 bits per heavy atom. The van der Waals surface area contributed by atoms with Crippen LogP contribution >= 0.6 is 11.6 Å². The lowest BCUT2D eigenvalue weighted by Crippen LogP contribution is -2.54. The average Bonchev–Trinajstić information content (AvgIpc) is 3.11. The Hall–Kier alpha value is -4.74. The highest BCUT2D eigenvalue weighted by atomic mass is 35.5. The van der Waals surface area contributed by atoms with E-state index in [0.717, 1.165) is 21.0 Å². The second-order valence-electron chi connectivity index (χ2n) is 11.9. The minimum atomic E-state index is -4.49. The SMILES string of the molecule is CC[C@@H](C)NC(=O)[C@H](Cc1ccccc1)N(Cc1cccc(C)c1)C(=O)CN(c1cc(Cl)ccc1OC)S(=O)(=O)c1ccc(OC)c(OC)c1. The van der Waals surface area contributed by atoms with Crippen LogP contribution in [0.2, 0.25) is 5.02 Å². The molecule has 0 spiro atoms. The topological polar surface area (TPSA) is 114 Å². The molecule has 4 aromatic carbocycles. The molecule has 50 heavy (non-hydrogen) atoms. The van der Waals surface area contributed by atoms with E-state index < -0.39 is 28.5 Å². The van der Waals surface area contributed by atoms with E-state index in [1.54, 1.807) is 6.07 Å². The number of benzene rings is 4. The van der Waals surface area contributed by atoms with Crippen molar-refractivity contribution in [3.63, 3.8) is 0 Å². The molecule has 266 valence electrons. The van der Waals surface area contributed by atoms with Gasteiger partial charge in [0.2, 0.25) is 11.8 Å². The molecule has 0 heterocycles. The van der Waals surface area contributed by atoms with Gasteiger partial charge in [-0.05, 0) is 61.7 Å². The molecular formula is C38H44ClN3O7S. The maximum Gasteiger partial charge on any atom is 0.265 e. The summed E-state index contributed by atoms with van der Waals surface area (Å²) in [7, 11) is -0.245. The first-order chi connectivity index (χ1) is 23.9. The maximum absolute atomic E-state index is 14.8. The lowest BCUT2D eigenvalue weighted by atomic mass is 10.0. The molecule has 2 atom stereocenters. The van der Waals surface area contributed by atoms with Gasteiger partial charge in [-0.2, -0.15) is 0 Å². The van der Waals surface area contributed by atoms with Crippen LogP contribution in [-0.2, 0) is 32.6 Å². The summed E-state index contributed by atoms with van der Waals surface area (Å²) in [5.41, 5.74) is 2.63. The number of ether oxygens (including phenoxy) is 3. The Morgan fingerprint density at radius 1 is 0.820 bits per heavy atom. The summed E-state index contributed by atoms with van der Waals surface area (Å²) < 4.78 is 46.4. The number of nitrogens with one attached hydrogen (secondary N) is 1. The fourth-order valence-corrected chi connectivity index (χ4v) is 7.08. The van der Waals surface area contributed by atoms with E-state index in [0.29, 0.717) is 12.2 Å². The number of rotatable bonds is 16. The number of hydrogen-bond donors (Lipinski definition) is 1. The molecule has 0 saturated heterocycles. The van der Waals surface area contributed by atoms with E-state index in [1.165, 1.54) is 56.6 Å². The third-order valence-electron chi connectivity index (χ3n) is 8.34. The van der Waals surface area contributed by atoms with Crippen molar-refractivity contribution in [3.8, 4) is 17.2 Å². The number of carbonyl (C=O) groups is 2. The Morgan fingerprint density at radius 2 is 1.48 bits per heavy atom. The van der Waals surface area contributed by atoms with Crippen LogP contribution in [0.3, 0.4) is 0 Å². The zero-order valence-electron chi connectivity index (χ0n) is 29.2.